The number of nitriles is 1. The van der Waals surface area contributed by atoms with Gasteiger partial charge in [-0.15, -0.1) is 0 Å². The maximum Gasteiger partial charge on any atom is 0.138 e. The van der Waals surface area contributed by atoms with Crippen molar-refractivity contribution < 1.29 is 9.47 Å². The summed E-state index contributed by atoms with van der Waals surface area (Å²) < 4.78 is 12.0. The van der Waals surface area contributed by atoms with Crippen LogP contribution in [0.2, 0.25) is 0 Å². The summed E-state index contributed by atoms with van der Waals surface area (Å²) in [6, 6.07) is 13.1. The Hall–Kier alpha value is -2.03. The standard InChI is InChI=1S/C16H15BrN2O2/c1-20-15-6-5-11(8-18)7-13(15)10-21-16-12(9-19)3-2-4-14(16)17/h2-7H,9-10,19H2,1H3. The molecule has 0 heterocycles. The third kappa shape index (κ3) is 3.54. The Kier molecular flexibility index (Phi) is 5.20. The van der Waals surface area contributed by atoms with Gasteiger partial charge in [-0.25, -0.2) is 0 Å². The number of halogens is 1. The first-order chi connectivity index (χ1) is 10.2. The lowest BCUT2D eigenvalue weighted by atomic mass is 10.1. The van der Waals surface area contributed by atoms with Crippen LogP contribution in [0.4, 0.5) is 0 Å². The van der Waals surface area contributed by atoms with Crippen LogP contribution in [-0.2, 0) is 13.2 Å². The van der Waals surface area contributed by atoms with Crippen LogP contribution < -0.4 is 15.2 Å². The third-order valence-corrected chi connectivity index (χ3v) is 3.67. The number of nitrogens with zero attached hydrogens (tertiary/aromatic N) is 1. The molecule has 5 heteroatoms. The molecule has 0 amide bonds. The monoisotopic (exact) mass is 346 g/mol. The summed E-state index contributed by atoms with van der Waals surface area (Å²) in [6.45, 7) is 0.693. The van der Waals surface area contributed by atoms with Crippen molar-refractivity contribution in [2.45, 2.75) is 13.2 Å². The Balaban J connectivity index is 2.26. The molecule has 0 aliphatic carbocycles. The Bertz CT molecular complexity index is 680. The zero-order valence-electron chi connectivity index (χ0n) is 11.6. The minimum atomic E-state index is 0.300. The summed E-state index contributed by atoms with van der Waals surface area (Å²) >= 11 is 3.46. The average Bonchev–Trinajstić information content (AvgIpc) is 2.53. The van der Waals surface area contributed by atoms with Gasteiger partial charge < -0.3 is 15.2 Å². The van der Waals surface area contributed by atoms with Crippen LogP contribution in [0.15, 0.2) is 40.9 Å². The van der Waals surface area contributed by atoms with Crippen LogP contribution in [0, 0.1) is 11.3 Å². The van der Waals surface area contributed by atoms with E-state index in [0.717, 1.165) is 15.6 Å². The number of rotatable bonds is 5. The molecule has 0 radical (unpaired) electrons. The van der Waals surface area contributed by atoms with E-state index in [1.54, 1.807) is 25.3 Å². The van der Waals surface area contributed by atoms with E-state index in [1.165, 1.54) is 0 Å². The van der Waals surface area contributed by atoms with Crippen LogP contribution in [0.5, 0.6) is 11.5 Å². The molecule has 4 nitrogen and oxygen atoms in total. The molecular formula is C16H15BrN2O2. The number of nitrogens with two attached hydrogens (primary N) is 1. The maximum absolute atomic E-state index is 8.98. The van der Waals surface area contributed by atoms with Crippen molar-refractivity contribution in [2.75, 3.05) is 7.11 Å². The normalized spacial score (nSPS) is 10.0. The van der Waals surface area contributed by atoms with Gasteiger partial charge in [0, 0.05) is 17.7 Å². The quantitative estimate of drug-likeness (QED) is 0.901. The summed E-state index contributed by atoms with van der Waals surface area (Å²) in [7, 11) is 1.59. The minimum Gasteiger partial charge on any atom is -0.496 e. The number of hydrogen-bond acceptors (Lipinski definition) is 4. The van der Waals surface area contributed by atoms with Crippen molar-refractivity contribution in [2.24, 2.45) is 5.73 Å². The molecule has 0 fully saturated rings. The summed E-state index contributed by atoms with van der Waals surface area (Å²) in [5, 5.41) is 8.98. The van der Waals surface area contributed by atoms with Crippen LogP contribution in [0.25, 0.3) is 0 Å². The predicted octanol–water partition coefficient (Wildman–Crippen LogP) is 3.37. The highest BCUT2D eigenvalue weighted by Gasteiger charge is 2.10. The molecule has 108 valence electrons. The lowest BCUT2D eigenvalue weighted by Crippen LogP contribution is -2.04. The second-order valence-corrected chi connectivity index (χ2v) is 5.21. The van der Waals surface area contributed by atoms with E-state index in [0.29, 0.717) is 30.2 Å². The van der Waals surface area contributed by atoms with Gasteiger partial charge in [-0.05, 0) is 40.2 Å². The molecule has 0 spiro atoms. The molecule has 2 aromatic carbocycles. The van der Waals surface area contributed by atoms with Gasteiger partial charge in [0.1, 0.15) is 18.1 Å². The fourth-order valence-electron chi connectivity index (χ4n) is 1.99. The maximum atomic E-state index is 8.98. The van der Waals surface area contributed by atoms with Crippen LogP contribution in [0.1, 0.15) is 16.7 Å². The van der Waals surface area contributed by atoms with E-state index in [9.17, 15) is 0 Å². The summed E-state index contributed by atoms with van der Waals surface area (Å²) in [4.78, 5) is 0. The van der Waals surface area contributed by atoms with Crippen molar-refractivity contribution in [3.8, 4) is 17.6 Å². The van der Waals surface area contributed by atoms with E-state index in [4.69, 9.17) is 20.5 Å². The molecular weight excluding hydrogens is 332 g/mol. The smallest absolute Gasteiger partial charge is 0.138 e. The zero-order valence-corrected chi connectivity index (χ0v) is 13.2. The average molecular weight is 347 g/mol. The molecule has 2 rings (SSSR count). The van der Waals surface area contributed by atoms with E-state index in [-0.39, 0.29) is 0 Å². The van der Waals surface area contributed by atoms with Gasteiger partial charge >= 0.3 is 0 Å². The number of ether oxygens (including phenoxy) is 2. The lowest BCUT2D eigenvalue weighted by molar-refractivity contribution is 0.292. The van der Waals surface area contributed by atoms with Crippen LogP contribution >= 0.6 is 15.9 Å². The second-order valence-electron chi connectivity index (χ2n) is 4.36. The van der Waals surface area contributed by atoms with Crippen LogP contribution in [0.3, 0.4) is 0 Å². The first-order valence-electron chi connectivity index (χ1n) is 6.37. The first-order valence-corrected chi connectivity index (χ1v) is 7.16. The minimum absolute atomic E-state index is 0.300. The highest BCUT2D eigenvalue weighted by atomic mass is 79.9. The number of para-hydroxylation sites is 1. The molecule has 0 aliphatic heterocycles. The van der Waals surface area contributed by atoms with E-state index >= 15 is 0 Å². The SMILES string of the molecule is COc1ccc(C#N)cc1COc1c(Br)cccc1CN. The van der Waals surface area contributed by atoms with Crippen molar-refractivity contribution >= 4 is 15.9 Å². The highest BCUT2D eigenvalue weighted by molar-refractivity contribution is 9.10. The highest BCUT2D eigenvalue weighted by Crippen LogP contribution is 2.30. The Morgan fingerprint density at radius 3 is 2.71 bits per heavy atom. The van der Waals surface area contributed by atoms with Gasteiger partial charge in [-0.3, -0.25) is 0 Å². The van der Waals surface area contributed by atoms with E-state index in [2.05, 4.69) is 22.0 Å². The third-order valence-electron chi connectivity index (χ3n) is 3.05. The lowest BCUT2D eigenvalue weighted by Gasteiger charge is -2.14. The molecule has 2 N–H and O–H groups in total. The molecule has 0 saturated heterocycles. The molecule has 21 heavy (non-hydrogen) atoms. The van der Waals surface area contributed by atoms with Gasteiger partial charge in [-0.1, -0.05) is 12.1 Å². The van der Waals surface area contributed by atoms with Crippen molar-refractivity contribution in [3.05, 3.63) is 57.6 Å². The molecule has 0 atom stereocenters. The van der Waals surface area contributed by atoms with Gasteiger partial charge in [0.2, 0.25) is 0 Å². The fourth-order valence-corrected chi connectivity index (χ4v) is 2.51. The summed E-state index contributed by atoms with van der Waals surface area (Å²) in [5.41, 5.74) is 8.02. The second kappa shape index (κ2) is 7.11. The van der Waals surface area contributed by atoms with Crippen LogP contribution in [-0.4, -0.2) is 7.11 Å². The topological polar surface area (TPSA) is 68.3 Å². The molecule has 0 bridgehead atoms. The molecule has 0 aliphatic rings. The number of methoxy groups -OCH3 is 1. The fraction of sp³-hybridized carbons (Fsp3) is 0.188. The largest absolute Gasteiger partial charge is 0.496 e. The molecule has 2 aromatic rings. The molecule has 0 unspecified atom stereocenters. The summed E-state index contributed by atoms with van der Waals surface area (Å²) in [6.07, 6.45) is 0. The van der Waals surface area contributed by atoms with Crippen molar-refractivity contribution in [3.63, 3.8) is 0 Å². The Morgan fingerprint density at radius 1 is 1.24 bits per heavy atom. The number of benzene rings is 2. The predicted molar refractivity (Wildman–Crippen MR) is 84.1 cm³/mol. The molecule has 0 aromatic heterocycles. The first kappa shape index (κ1) is 15.4. The van der Waals surface area contributed by atoms with Gasteiger partial charge in [0.05, 0.1) is 23.2 Å². The van der Waals surface area contributed by atoms with E-state index < -0.39 is 0 Å². The van der Waals surface area contributed by atoms with E-state index in [1.807, 2.05) is 18.2 Å². The Labute approximate surface area is 132 Å². The van der Waals surface area contributed by atoms with Gasteiger partial charge in [0.15, 0.2) is 0 Å². The van der Waals surface area contributed by atoms with Crippen molar-refractivity contribution in [1.29, 1.82) is 5.26 Å². The number of hydrogen-bond donors (Lipinski definition) is 1. The summed E-state index contributed by atoms with van der Waals surface area (Å²) in [5.74, 6) is 1.40. The van der Waals surface area contributed by atoms with Crippen molar-refractivity contribution in [1.82, 2.24) is 0 Å². The van der Waals surface area contributed by atoms with Gasteiger partial charge in [-0.2, -0.15) is 5.26 Å². The zero-order chi connectivity index (χ0) is 15.2. The Morgan fingerprint density at radius 2 is 2.05 bits per heavy atom. The van der Waals surface area contributed by atoms with Gasteiger partial charge in [0.25, 0.3) is 0 Å². The molecule has 0 saturated carbocycles.